The molecule has 1 rings (SSSR count). The molecule has 0 atom stereocenters. The number of Topliss-reactive ketones (excluding diaryl/α,β-unsaturated/α-hetero) is 1. The lowest BCUT2D eigenvalue weighted by molar-refractivity contribution is -0.139. The lowest BCUT2D eigenvalue weighted by atomic mass is 9.97. The van der Waals surface area contributed by atoms with Gasteiger partial charge in [0.05, 0.1) is 0 Å². The fourth-order valence-corrected chi connectivity index (χ4v) is 1.89. The van der Waals surface area contributed by atoms with Crippen molar-refractivity contribution >= 4 is 29.0 Å². The Balaban J connectivity index is 2.84. The number of carbonyl (C=O) groups excluding carboxylic acids is 1. The lowest BCUT2D eigenvalue weighted by Crippen LogP contribution is -2.36. The van der Waals surface area contributed by atoms with Crippen LogP contribution in [0.15, 0.2) is 18.2 Å². The van der Waals surface area contributed by atoms with Crippen LogP contribution in [0.5, 0.6) is 0 Å². The van der Waals surface area contributed by atoms with Crippen molar-refractivity contribution in [3.63, 3.8) is 0 Å². The number of ether oxygens (including phenoxy) is 1. The average Bonchev–Trinajstić information content (AvgIpc) is 2.23. The summed E-state index contributed by atoms with van der Waals surface area (Å²) in [6.45, 7) is 5.89. The summed E-state index contributed by atoms with van der Waals surface area (Å²) in [6.07, 6.45) is 0.229. The molecule has 0 radical (unpaired) electrons. The Hall–Kier alpha value is -0.570. The number of hydrogen-bond acceptors (Lipinski definition) is 2. The molecule has 0 unspecified atom stereocenters. The molecule has 0 aliphatic rings. The van der Waals surface area contributed by atoms with E-state index in [0.29, 0.717) is 16.7 Å². The van der Waals surface area contributed by atoms with Crippen LogP contribution >= 0.6 is 23.2 Å². The third kappa shape index (κ3) is 3.98. The molecule has 17 heavy (non-hydrogen) atoms. The van der Waals surface area contributed by atoms with E-state index in [0.717, 1.165) is 5.56 Å². The SMILES string of the molecule is CCOC(C)(C)C(=O)Cc1cc(Cl)ccc1Cl. The van der Waals surface area contributed by atoms with Crippen molar-refractivity contribution < 1.29 is 9.53 Å². The third-order valence-electron chi connectivity index (χ3n) is 2.54. The first-order valence-electron chi connectivity index (χ1n) is 5.48. The lowest BCUT2D eigenvalue weighted by Gasteiger charge is -2.23. The van der Waals surface area contributed by atoms with E-state index in [1.807, 2.05) is 6.92 Å². The number of hydrogen-bond donors (Lipinski definition) is 0. The molecule has 1 aromatic carbocycles. The number of ketones is 1. The average molecular weight is 275 g/mol. The van der Waals surface area contributed by atoms with E-state index in [4.69, 9.17) is 27.9 Å². The maximum atomic E-state index is 12.1. The van der Waals surface area contributed by atoms with Gasteiger partial charge in [0.15, 0.2) is 5.78 Å². The summed E-state index contributed by atoms with van der Waals surface area (Å²) in [5, 5.41) is 1.13. The van der Waals surface area contributed by atoms with E-state index in [1.165, 1.54) is 0 Å². The summed E-state index contributed by atoms with van der Waals surface area (Å²) in [4.78, 5) is 12.1. The van der Waals surface area contributed by atoms with Crippen molar-refractivity contribution in [3.05, 3.63) is 33.8 Å². The molecule has 0 aromatic heterocycles. The normalized spacial score (nSPS) is 11.6. The van der Waals surface area contributed by atoms with E-state index in [9.17, 15) is 4.79 Å². The second-order valence-corrected chi connectivity index (χ2v) is 5.12. The maximum Gasteiger partial charge on any atom is 0.168 e. The molecule has 0 N–H and O–H groups in total. The predicted molar refractivity (Wildman–Crippen MR) is 70.9 cm³/mol. The first-order chi connectivity index (χ1) is 7.86. The molecule has 0 amide bonds. The molecule has 0 aliphatic carbocycles. The molecular formula is C13H16Cl2O2. The van der Waals surface area contributed by atoms with Crippen LogP contribution in [-0.4, -0.2) is 18.0 Å². The molecule has 0 heterocycles. The quantitative estimate of drug-likeness (QED) is 0.814. The van der Waals surface area contributed by atoms with Crippen LogP contribution in [0.4, 0.5) is 0 Å². The van der Waals surface area contributed by atoms with E-state index in [2.05, 4.69) is 0 Å². The van der Waals surface area contributed by atoms with Gasteiger partial charge in [-0.25, -0.2) is 0 Å². The molecule has 94 valence electrons. The molecule has 0 fully saturated rings. The summed E-state index contributed by atoms with van der Waals surface area (Å²) in [7, 11) is 0. The van der Waals surface area contributed by atoms with Gasteiger partial charge in [-0.15, -0.1) is 0 Å². The molecule has 0 aliphatic heterocycles. The van der Waals surface area contributed by atoms with E-state index >= 15 is 0 Å². The Kier molecular flexibility index (Phi) is 4.99. The van der Waals surface area contributed by atoms with Crippen LogP contribution in [0, 0.1) is 0 Å². The summed E-state index contributed by atoms with van der Waals surface area (Å²) in [5.74, 6) is -0.0106. The van der Waals surface area contributed by atoms with Crippen molar-refractivity contribution in [2.24, 2.45) is 0 Å². The minimum absolute atomic E-state index is 0.0106. The fourth-order valence-electron chi connectivity index (χ4n) is 1.51. The number of benzene rings is 1. The predicted octanol–water partition coefficient (Wildman–Crippen LogP) is 3.92. The molecule has 0 spiro atoms. The highest BCUT2D eigenvalue weighted by Crippen LogP contribution is 2.23. The summed E-state index contributed by atoms with van der Waals surface area (Å²) in [5.41, 5.74) is -0.0580. The van der Waals surface area contributed by atoms with Gasteiger partial charge in [-0.2, -0.15) is 0 Å². The summed E-state index contributed by atoms with van der Waals surface area (Å²) in [6, 6.07) is 5.11. The zero-order valence-corrected chi connectivity index (χ0v) is 11.7. The minimum atomic E-state index is -0.791. The first-order valence-corrected chi connectivity index (χ1v) is 6.23. The highest BCUT2D eigenvalue weighted by Gasteiger charge is 2.28. The zero-order valence-electron chi connectivity index (χ0n) is 10.2. The van der Waals surface area contributed by atoms with E-state index in [-0.39, 0.29) is 12.2 Å². The van der Waals surface area contributed by atoms with Crippen molar-refractivity contribution in [1.82, 2.24) is 0 Å². The van der Waals surface area contributed by atoms with Crippen molar-refractivity contribution in [2.75, 3.05) is 6.61 Å². The van der Waals surface area contributed by atoms with Crippen molar-refractivity contribution in [1.29, 1.82) is 0 Å². The van der Waals surface area contributed by atoms with Crippen molar-refractivity contribution in [2.45, 2.75) is 32.8 Å². The molecule has 0 bridgehead atoms. The molecule has 0 saturated carbocycles. The van der Waals surface area contributed by atoms with Crippen LogP contribution in [-0.2, 0) is 16.0 Å². The molecule has 4 heteroatoms. The van der Waals surface area contributed by atoms with E-state index in [1.54, 1.807) is 32.0 Å². The smallest absolute Gasteiger partial charge is 0.168 e. The highest BCUT2D eigenvalue weighted by molar-refractivity contribution is 6.33. The van der Waals surface area contributed by atoms with Gasteiger partial charge in [0.2, 0.25) is 0 Å². The number of carbonyl (C=O) groups is 1. The molecule has 0 saturated heterocycles. The van der Waals surface area contributed by atoms with Gasteiger partial charge in [0, 0.05) is 23.1 Å². The number of halogens is 2. The molecule has 1 aromatic rings. The Bertz CT molecular complexity index is 414. The fraction of sp³-hybridized carbons (Fsp3) is 0.462. The third-order valence-corrected chi connectivity index (χ3v) is 3.14. The molecule has 2 nitrogen and oxygen atoms in total. The van der Waals surface area contributed by atoms with Crippen molar-refractivity contribution in [3.8, 4) is 0 Å². The standard InChI is InChI=1S/C13H16Cl2O2/c1-4-17-13(2,3)12(16)8-9-7-10(14)5-6-11(9)15/h5-7H,4,8H2,1-3H3. The largest absolute Gasteiger partial charge is 0.368 e. The summed E-state index contributed by atoms with van der Waals surface area (Å²) < 4.78 is 5.41. The zero-order chi connectivity index (χ0) is 13.1. The van der Waals surface area contributed by atoms with Gasteiger partial charge < -0.3 is 4.74 Å². The van der Waals surface area contributed by atoms with Crippen LogP contribution in [0.3, 0.4) is 0 Å². The van der Waals surface area contributed by atoms with Crippen LogP contribution in [0.1, 0.15) is 26.3 Å². The van der Waals surface area contributed by atoms with Crippen LogP contribution in [0.25, 0.3) is 0 Å². The second kappa shape index (κ2) is 5.85. The summed E-state index contributed by atoms with van der Waals surface area (Å²) >= 11 is 11.9. The van der Waals surface area contributed by atoms with Gasteiger partial charge in [-0.3, -0.25) is 4.79 Å². The van der Waals surface area contributed by atoms with Gasteiger partial charge >= 0.3 is 0 Å². The van der Waals surface area contributed by atoms with Crippen LogP contribution < -0.4 is 0 Å². The minimum Gasteiger partial charge on any atom is -0.368 e. The number of rotatable bonds is 5. The highest BCUT2D eigenvalue weighted by atomic mass is 35.5. The second-order valence-electron chi connectivity index (χ2n) is 4.28. The first kappa shape index (κ1) is 14.5. The van der Waals surface area contributed by atoms with Crippen LogP contribution in [0.2, 0.25) is 10.0 Å². The van der Waals surface area contributed by atoms with Gasteiger partial charge in [-0.1, -0.05) is 23.2 Å². The Morgan fingerprint density at radius 3 is 2.59 bits per heavy atom. The monoisotopic (exact) mass is 274 g/mol. The Morgan fingerprint density at radius 2 is 2.00 bits per heavy atom. The van der Waals surface area contributed by atoms with Gasteiger partial charge in [0.25, 0.3) is 0 Å². The van der Waals surface area contributed by atoms with Gasteiger partial charge in [0.1, 0.15) is 5.60 Å². The Labute approximate surface area is 112 Å². The Morgan fingerprint density at radius 1 is 1.35 bits per heavy atom. The van der Waals surface area contributed by atoms with E-state index < -0.39 is 5.60 Å². The molecular weight excluding hydrogens is 259 g/mol. The maximum absolute atomic E-state index is 12.1. The topological polar surface area (TPSA) is 26.3 Å². The van der Waals surface area contributed by atoms with Gasteiger partial charge in [-0.05, 0) is 44.5 Å².